The van der Waals surface area contributed by atoms with E-state index in [4.69, 9.17) is 14.2 Å². The molecule has 5 nitrogen and oxygen atoms in total. The van der Waals surface area contributed by atoms with E-state index < -0.39 is 18.5 Å². The quantitative estimate of drug-likeness (QED) is 0.931. The number of anilines is 1. The van der Waals surface area contributed by atoms with Crippen LogP contribution in [0.5, 0.6) is 0 Å². The van der Waals surface area contributed by atoms with Crippen LogP contribution >= 0.6 is 0 Å². The van der Waals surface area contributed by atoms with Gasteiger partial charge in [-0.1, -0.05) is 48.0 Å². The molecule has 0 amide bonds. The van der Waals surface area contributed by atoms with Crippen molar-refractivity contribution in [2.24, 2.45) is 0 Å². The number of nitrogens with one attached hydrogen (secondary N) is 1. The number of rotatable bonds is 3. The summed E-state index contributed by atoms with van der Waals surface area (Å²) in [6.07, 6.45) is -0.197. The third-order valence-corrected chi connectivity index (χ3v) is 4.24. The summed E-state index contributed by atoms with van der Waals surface area (Å²) in [5.41, 5.74) is 2.92. The number of benzene rings is 2. The van der Waals surface area contributed by atoms with Crippen LogP contribution in [0, 0.1) is 6.92 Å². The molecule has 2 aliphatic heterocycles. The molecule has 2 aromatic carbocycles. The Morgan fingerprint density at radius 3 is 2.56 bits per heavy atom. The fraction of sp³-hybridized carbons (Fsp3) is 0.250. The van der Waals surface area contributed by atoms with Gasteiger partial charge in [-0.25, -0.2) is 0 Å². The lowest BCUT2D eigenvalue weighted by Gasteiger charge is -2.38. The average Bonchev–Trinajstić information content (AvgIpc) is 2.64. The molecule has 2 aliphatic rings. The van der Waals surface area contributed by atoms with Gasteiger partial charge in [0.2, 0.25) is 0 Å². The molecule has 2 aromatic rings. The normalized spacial score (nSPS) is 25.6. The van der Waals surface area contributed by atoms with Gasteiger partial charge in [0.25, 0.3) is 0 Å². The first kappa shape index (κ1) is 15.9. The SMILES string of the molecule is Cc1ccc(NC2=CC(=O)[C@@H]3O[C@H](c4ccccc4)OC[C@H]3O2)cc1. The van der Waals surface area contributed by atoms with E-state index >= 15 is 0 Å². The topological polar surface area (TPSA) is 56.8 Å². The maximum absolute atomic E-state index is 12.5. The van der Waals surface area contributed by atoms with E-state index in [9.17, 15) is 4.79 Å². The number of hydrogen-bond donors (Lipinski definition) is 1. The van der Waals surface area contributed by atoms with Crippen molar-refractivity contribution >= 4 is 11.5 Å². The highest BCUT2D eigenvalue weighted by molar-refractivity contribution is 5.95. The van der Waals surface area contributed by atoms with Gasteiger partial charge in [-0.05, 0) is 19.1 Å². The summed E-state index contributed by atoms with van der Waals surface area (Å²) in [6, 6.07) is 17.5. The van der Waals surface area contributed by atoms with Gasteiger partial charge in [-0.15, -0.1) is 0 Å². The summed E-state index contributed by atoms with van der Waals surface area (Å²) < 4.78 is 17.4. The molecule has 3 atom stereocenters. The maximum Gasteiger partial charge on any atom is 0.195 e. The monoisotopic (exact) mass is 337 g/mol. The van der Waals surface area contributed by atoms with E-state index in [2.05, 4.69) is 5.32 Å². The van der Waals surface area contributed by atoms with Gasteiger partial charge in [0.1, 0.15) is 0 Å². The molecule has 0 saturated carbocycles. The number of aryl methyl sites for hydroxylation is 1. The molecule has 128 valence electrons. The first-order chi connectivity index (χ1) is 12.2. The molecular weight excluding hydrogens is 318 g/mol. The van der Waals surface area contributed by atoms with Gasteiger partial charge < -0.3 is 19.5 Å². The third kappa shape index (κ3) is 3.43. The molecule has 0 aromatic heterocycles. The Kier molecular flexibility index (Phi) is 4.26. The molecule has 0 radical (unpaired) electrons. The van der Waals surface area contributed by atoms with E-state index in [0.717, 1.165) is 11.3 Å². The molecule has 1 N–H and O–H groups in total. The van der Waals surface area contributed by atoms with E-state index in [1.807, 2.05) is 61.5 Å². The first-order valence-electron chi connectivity index (χ1n) is 8.27. The summed E-state index contributed by atoms with van der Waals surface area (Å²) in [5.74, 6) is 0.301. The minimum Gasteiger partial charge on any atom is -0.470 e. The predicted octanol–water partition coefficient (Wildman–Crippen LogP) is 3.33. The predicted molar refractivity (Wildman–Crippen MR) is 92.8 cm³/mol. The van der Waals surface area contributed by atoms with Crippen LogP contribution in [0.1, 0.15) is 17.4 Å². The Morgan fingerprint density at radius 1 is 1.04 bits per heavy atom. The Balaban J connectivity index is 1.47. The molecule has 0 unspecified atom stereocenters. The lowest BCUT2D eigenvalue weighted by atomic mass is 10.1. The van der Waals surface area contributed by atoms with Gasteiger partial charge in [0.15, 0.2) is 30.2 Å². The van der Waals surface area contributed by atoms with Crippen LogP contribution in [0.3, 0.4) is 0 Å². The second-order valence-electron chi connectivity index (χ2n) is 6.19. The van der Waals surface area contributed by atoms with Gasteiger partial charge in [-0.2, -0.15) is 0 Å². The Labute approximate surface area is 146 Å². The van der Waals surface area contributed by atoms with Gasteiger partial charge in [0.05, 0.1) is 6.61 Å². The fourth-order valence-electron chi connectivity index (χ4n) is 2.91. The number of ether oxygens (including phenoxy) is 3. The second-order valence-corrected chi connectivity index (χ2v) is 6.19. The van der Waals surface area contributed by atoms with Crippen LogP contribution in [0.2, 0.25) is 0 Å². The average molecular weight is 337 g/mol. The zero-order chi connectivity index (χ0) is 17.2. The van der Waals surface area contributed by atoms with Crippen LogP contribution < -0.4 is 5.32 Å². The lowest BCUT2D eigenvalue weighted by molar-refractivity contribution is -0.254. The Bertz CT molecular complexity index is 785. The molecule has 0 bridgehead atoms. The molecule has 0 aliphatic carbocycles. The van der Waals surface area contributed by atoms with Crippen molar-refractivity contribution in [2.75, 3.05) is 11.9 Å². The van der Waals surface area contributed by atoms with E-state index in [1.165, 1.54) is 11.6 Å². The van der Waals surface area contributed by atoms with Crippen LogP contribution in [-0.2, 0) is 19.0 Å². The smallest absolute Gasteiger partial charge is 0.195 e. The fourth-order valence-corrected chi connectivity index (χ4v) is 2.91. The van der Waals surface area contributed by atoms with Crippen molar-refractivity contribution < 1.29 is 19.0 Å². The maximum atomic E-state index is 12.5. The van der Waals surface area contributed by atoms with Crippen molar-refractivity contribution in [1.82, 2.24) is 0 Å². The van der Waals surface area contributed by atoms with E-state index in [0.29, 0.717) is 12.5 Å². The van der Waals surface area contributed by atoms with Gasteiger partial charge in [0, 0.05) is 17.3 Å². The summed E-state index contributed by atoms with van der Waals surface area (Å²) in [5, 5.41) is 3.12. The van der Waals surface area contributed by atoms with Gasteiger partial charge in [-0.3, -0.25) is 4.79 Å². The third-order valence-electron chi connectivity index (χ3n) is 4.24. The summed E-state index contributed by atoms with van der Waals surface area (Å²) >= 11 is 0. The van der Waals surface area contributed by atoms with Crippen LogP contribution in [0.4, 0.5) is 5.69 Å². The molecule has 5 heteroatoms. The second kappa shape index (κ2) is 6.70. The zero-order valence-electron chi connectivity index (χ0n) is 13.8. The summed E-state index contributed by atoms with van der Waals surface area (Å²) in [6.45, 7) is 2.32. The van der Waals surface area contributed by atoms with Crippen LogP contribution in [0.15, 0.2) is 66.6 Å². The first-order valence-corrected chi connectivity index (χ1v) is 8.27. The minimum atomic E-state index is -0.650. The van der Waals surface area contributed by atoms with E-state index in [1.54, 1.807) is 0 Å². The number of hydrogen-bond acceptors (Lipinski definition) is 5. The highest BCUT2D eigenvalue weighted by Crippen LogP contribution is 2.31. The molecule has 1 saturated heterocycles. The van der Waals surface area contributed by atoms with Crippen molar-refractivity contribution in [2.45, 2.75) is 25.4 Å². The highest BCUT2D eigenvalue weighted by Gasteiger charge is 2.41. The van der Waals surface area contributed by atoms with Crippen LogP contribution in [-0.4, -0.2) is 24.6 Å². The van der Waals surface area contributed by atoms with E-state index in [-0.39, 0.29) is 5.78 Å². The lowest BCUT2D eigenvalue weighted by Crippen LogP contribution is -2.49. The van der Waals surface area contributed by atoms with Crippen molar-refractivity contribution in [3.05, 3.63) is 77.7 Å². The summed E-state index contributed by atoms with van der Waals surface area (Å²) in [4.78, 5) is 12.5. The van der Waals surface area contributed by atoms with Crippen LogP contribution in [0.25, 0.3) is 0 Å². The van der Waals surface area contributed by atoms with Gasteiger partial charge >= 0.3 is 0 Å². The number of ketones is 1. The Morgan fingerprint density at radius 2 is 1.80 bits per heavy atom. The van der Waals surface area contributed by atoms with Crippen molar-refractivity contribution in [1.29, 1.82) is 0 Å². The van der Waals surface area contributed by atoms with Crippen molar-refractivity contribution in [3.8, 4) is 0 Å². The highest BCUT2D eigenvalue weighted by atomic mass is 16.7. The zero-order valence-corrected chi connectivity index (χ0v) is 13.8. The molecular formula is C20H19NO4. The number of fused-ring (bicyclic) bond motifs is 1. The number of carbonyl (C=O) groups excluding carboxylic acids is 1. The largest absolute Gasteiger partial charge is 0.470 e. The summed E-state index contributed by atoms with van der Waals surface area (Å²) in [7, 11) is 0. The molecule has 2 heterocycles. The van der Waals surface area contributed by atoms with Crippen molar-refractivity contribution in [3.63, 3.8) is 0 Å². The molecule has 25 heavy (non-hydrogen) atoms. The Hall–Kier alpha value is -2.63. The molecule has 0 spiro atoms. The minimum absolute atomic E-state index is 0.116. The molecule has 4 rings (SSSR count). The number of carbonyl (C=O) groups is 1. The molecule has 1 fully saturated rings. The standard InChI is InChI=1S/C20H19NO4/c1-13-7-9-15(10-8-13)21-18-11-16(22)19-17(24-18)12-23-20(25-19)14-5-3-2-4-6-14/h2-11,17,19-21H,12H2,1H3/t17-,19+,20-/m1/s1.